The number of fused-ring (bicyclic) bond motifs is 1. The van der Waals surface area contributed by atoms with Crippen LogP contribution in [-0.4, -0.2) is 38.4 Å². The minimum absolute atomic E-state index is 0.00457. The lowest BCUT2D eigenvalue weighted by atomic mass is 10.1. The number of anilines is 1. The van der Waals surface area contributed by atoms with Crippen molar-refractivity contribution in [2.75, 3.05) is 18.5 Å². The van der Waals surface area contributed by atoms with Gasteiger partial charge in [0.1, 0.15) is 0 Å². The molecule has 1 amide bonds. The van der Waals surface area contributed by atoms with Crippen LogP contribution in [0.3, 0.4) is 0 Å². The topological polar surface area (TPSA) is 145 Å². The first-order chi connectivity index (χ1) is 15.7. The Morgan fingerprint density at radius 2 is 1.76 bits per heavy atom. The molecule has 33 heavy (non-hydrogen) atoms. The predicted molar refractivity (Wildman–Crippen MR) is 121 cm³/mol. The summed E-state index contributed by atoms with van der Waals surface area (Å²) >= 11 is 5.89. The fourth-order valence-electron chi connectivity index (χ4n) is 2.83. The summed E-state index contributed by atoms with van der Waals surface area (Å²) in [5.74, 6) is -1.57. The van der Waals surface area contributed by atoms with Gasteiger partial charge in [-0.05, 0) is 29.0 Å². The number of ether oxygens (including phenoxy) is 1. The number of halogens is 1. The standard InChI is InChI=1S/C21H18ClN3O7S/c22-18-8-6-16(25(28)29)12-19(18)24-20(26)13-32-21(27)9-10-23-33(30,31)17-7-5-14-3-1-2-4-15(14)11-17/h1-8,11-12,23H,9-10,13H2,(H,24,26). The van der Waals surface area contributed by atoms with Gasteiger partial charge in [-0.3, -0.25) is 19.7 Å². The van der Waals surface area contributed by atoms with Crippen LogP contribution in [0.25, 0.3) is 10.8 Å². The summed E-state index contributed by atoms with van der Waals surface area (Å²) in [7, 11) is -3.84. The van der Waals surface area contributed by atoms with Crippen molar-refractivity contribution < 1.29 is 27.7 Å². The molecule has 3 rings (SSSR count). The lowest BCUT2D eigenvalue weighted by Gasteiger charge is -2.09. The van der Waals surface area contributed by atoms with E-state index >= 15 is 0 Å². The molecule has 0 spiro atoms. The van der Waals surface area contributed by atoms with Gasteiger partial charge in [-0.25, -0.2) is 13.1 Å². The molecule has 0 radical (unpaired) electrons. The number of nitrogens with one attached hydrogen (secondary N) is 2. The molecule has 172 valence electrons. The first-order valence-electron chi connectivity index (χ1n) is 9.53. The molecule has 0 saturated heterocycles. The van der Waals surface area contributed by atoms with Gasteiger partial charge in [0.15, 0.2) is 6.61 Å². The van der Waals surface area contributed by atoms with Crippen molar-refractivity contribution in [3.05, 3.63) is 75.8 Å². The van der Waals surface area contributed by atoms with Crippen LogP contribution in [0.1, 0.15) is 6.42 Å². The Hall–Kier alpha value is -3.54. The number of carbonyl (C=O) groups is 2. The summed E-state index contributed by atoms with van der Waals surface area (Å²) in [6.45, 7) is -0.901. The molecule has 0 saturated carbocycles. The third-order valence-corrected chi connectivity index (χ3v) is 6.24. The van der Waals surface area contributed by atoms with Gasteiger partial charge in [0.2, 0.25) is 10.0 Å². The number of sulfonamides is 1. The SMILES string of the molecule is O=C(COC(=O)CCNS(=O)(=O)c1ccc2ccccc2c1)Nc1cc([N+](=O)[O-])ccc1Cl. The van der Waals surface area contributed by atoms with E-state index in [-0.39, 0.29) is 34.3 Å². The maximum absolute atomic E-state index is 12.4. The second kappa shape index (κ2) is 10.4. The lowest BCUT2D eigenvalue weighted by Crippen LogP contribution is -2.28. The summed E-state index contributed by atoms with van der Waals surface area (Å²) in [5.41, 5.74) is -0.277. The van der Waals surface area contributed by atoms with E-state index in [1.807, 2.05) is 12.1 Å². The molecule has 0 heterocycles. The molecule has 0 unspecified atom stereocenters. The van der Waals surface area contributed by atoms with Crippen LogP contribution in [0.15, 0.2) is 65.6 Å². The zero-order valence-electron chi connectivity index (χ0n) is 17.0. The quantitative estimate of drug-likeness (QED) is 0.265. The number of esters is 1. The zero-order valence-corrected chi connectivity index (χ0v) is 18.6. The second-order valence-electron chi connectivity index (χ2n) is 6.79. The van der Waals surface area contributed by atoms with Crippen molar-refractivity contribution in [1.82, 2.24) is 4.72 Å². The van der Waals surface area contributed by atoms with Crippen LogP contribution in [0, 0.1) is 10.1 Å². The average Bonchev–Trinajstić information content (AvgIpc) is 2.78. The number of nitro groups is 1. The number of hydrogen-bond acceptors (Lipinski definition) is 7. The maximum Gasteiger partial charge on any atom is 0.307 e. The molecule has 0 atom stereocenters. The molecule has 10 nitrogen and oxygen atoms in total. The van der Waals surface area contributed by atoms with Gasteiger partial charge in [-0.15, -0.1) is 0 Å². The molecule has 0 bridgehead atoms. The third-order valence-electron chi connectivity index (χ3n) is 4.45. The van der Waals surface area contributed by atoms with Gasteiger partial charge in [0.05, 0.1) is 26.9 Å². The second-order valence-corrected chi connectivity index (χ2v) is 8.96. The molecule has 3 aromatic rings. The summed E-state index contributed by atoms with van der Waals surface area (Å²) in [4.78, 5) is 34.0. The Bertz CT molecular complexity index is 1330. The molecule has 0 fully saturated rings. The number of nitro benzene ring substituents is 1. The average molecular weight is 492 g/mol. The summed E-state index contributed by atoms with van der Waals surface area (Å²) in [6, 6.07) is 15.5. The van der Waals surface area contributed by atoms with Gasteiger partial charge in [0.25, 0.3) is 11.6 Å². The van der Waals surface area contributed by atoms with Crippen LogP contribution < -0.4 is 10.0 Å². The molecule has 2 N–H and O–H groups in total. The van der Waals surface area contributed by atoms with Crippen molar-refractivity contribution >= 4 is 55.6 Å². The minimum Gasteiger partial charge on any atom is -0.456 e. The molecule has 0 aliphatic carbocycles. The number of nitrogens with zero attached hydrogens (tertiary/aromatic N) is 1. The maximum atomic E-state index is 12.4. The fourth-order valence-corrected chi connectivity index (χ4v) is 4.06. The Morgan fingerprint density at radius 1 is 1.03 bits per heavy atom. The molecular weight excluding hydrogens is 474 g/mol. The van der Waals surface area contributed by atoms with Crippen LogP contribution >= 0.6 is 11.6 Å². The predicted octanol–water partition coefficient (Wildman–Crippen LogP) is 3.25. The van der Waals surface area contributed by atoms with Crippen molar-refractivity contribution in [2.45, 2.75) is 11.3 Å². The van der Waals surface area contributed by atoms with E-state index < -0.39 is 33.4 Å². The van der Waals surface area contributed by atoms with E-state index in [9.17, 15) is 28.1 Å². The van der Waals surface area contributed by atoms with E-state index in [1.165, 1.54) is 24.3 Å². The first-order valence-corrected chi connectivity index (χ1v) is 11.4. The number of rotatable bonds is 9. The first kappa shape index (κ1) is 24.1. The van der Waals surface area contributed by atoms with E-state index in [2.05, 4.69) is 10.0 Å². The highest BCUT2D eigenvalue weighted by Gasteiger charge is 2.16. The molecule has 0 aliphatic rings. The summed E-state index contributed by atoms with van der Waals surface area (Å²) in [6.07, 6.45) is -0.308. The van der Waals surface area contributed by atoms with Gasteiger partial charge < -0.3 is 10.1 Å². The highest BCUT2D eigenvalue weighted by atomic mass is 35.5. The highest BCUT2D eigenvalue weighted by Crippen LogP contribution is 2.26. The fraction of sp³-hybridized carbons (Fsp3) is 0.143. The van der Waals surface area contributed by atoms with Crippen molar-refractivity contribution in [3.63, 3.8) is 0 Å². The number of non-ortho nitro benzene ring substituents is 1. The van der Waals surface area contributed by atoms with E-state index in [0.29, 0.717) is 0 Å². The van der Waals surface area contributed by atoms with Crippen molar-refractivity contribution in [2.24, 2.45) is 0 Å². The Labute approximate surface area is 193 Å². The van der Waals surface area contributed by atoms with Crippen LogP contribution in [0.2, 0.25) is 5.02 Å². The van der Waals surface area contributed by atoms with E-state index in [0.717, 1.165) is 16.8 Å². The monoisotopic (exact) mass is 491 g/mol. The van der Waals surface area contributed by atoms with E-state index in [4.69, 9.17) is 16.3 Å². The van der Waals surface area contributed by atoms with Crippen molar-refractivity contribution in [3.8, 4) is 0 Å². The molecule has 12 heteroatoms. The Kier molecular flexibility index (Phi) is 7.59. The van der Waals surface area contributed by atoms with Gasteiger partial charge in [0, 0.05) is 18.7 Å². The third kappa shape index (κ3) is 6.48. The Morgan fingerprint density at radius 3 is 2.48 bits per heavy atom. The van der Waals surface area contributed by atoms with Crippen LogP contribution in [0.4, 0.5) is 11.4 Å². The molecule has 0 aliphatic heterocycles. The van der Waals surface area contributed by atoms with Crippen molar-refractivity contribution in [1.29, 1.82) is 0 Å². The smallest absolute Gasteiger partial charge is 0.307 e. The summed E-state index contributed by atoms with van der Waals surface area (Å²) < 4.78 is 32.0. The zero-order chi connectivity index (χ0) is 24.0. The number of hydrogen-bond donors (Lipinski definition) is 2. The highest BCUT2D eigenvalue weighted by molar-refractivity contribution is 7.89. The normalized spacial score (nSPS) is 11.2. The number of carbonyl (C=O) groups excluding carboxylic acids is 2. The molecular formula is C21H18ClN3O7S. The van der Waals surface area contributed by atoms with Crippen LogP contribution in [0.5, 0.6) is 0 Å². The molecule has 0 aromatic heterocycles. The number of benzene rings is 3. The largest absolute Gasteiger partial charge is 0.456 e. The van der Waals surface area contributed by atoms with E-state index in [1.54, 1.807) is 18.2 Å². The molecule has 3 aromatic carbocycles. The lowest BCUT2D eigenvalue weighted by molar-refractivity contribution is -0.384. The van der Waals surface area contributed by atoms with Gasteiger partial charge in [-0.2, -0.15) is 0 Å². The van der Waals surface area contributed by atoms with Crippen LogP contribution in [-0.2, 0) is 24.3 Å². The summed E-state index contributed by atoms with van der Waals surface area (Å²) in [5, 5.41) is 14.9. The van der Waals surface area contributed by atoms with Gasteiger partial charge in [-0.1, -0.05) is 41.9 Å². The Balaban J connectivity index is 1.47. The van der Waals surface area contributed by atoms with Gasteiger partial charge >= 0.3 is 5.97 Å². The minimum atomic E-state index is -3.84. The number of amides is 1.